The predicted octanol–water partition coefficient (Wildman–Crippen LogP) is 9.81. The van der Waals surface area contributed by atoms with Crippen molar-refractivity contribution in [2.24, 2.45) is 0 Å². The molecule has 0 aliphatic carbocycles. The van der Waals surface area contributed by atoms with Gasteiger partial charge in [-0.3, -0.25) is 0 Å². The first kappa shape index (κ1) is 37.3. The summed E-state index contributed by atoms with van der Waals surface area (Å²) in [4.78, 5) is 10.1. The van der Waals surface area contributed by atoms with E-state index in [1.807, 2.05) is 6.07 Å². The molecule has 7 nitrogen and oxygen atoms in total. The second-order valence-electron chi connectivity index (χ2n) is 13.6. The third-order valence-electron chi connectivity index (χ3n) is 9.15. The fraction of sp³-hybridized carbons (Fsp3) is 0.537. The number of imidazole rings is 1. The third-order valence-corrected chi connectivity index (χ3v) is 9.15. The topological polar surface area (TPSA) is 52.0 Å². The Morgan fingerprint density at radius 3 is 1.81 bits per heavy atom. The minimum absolute atomic E-state index is 0.0846. The highest BCUT2D eigenvalue weighted by molar-refractivity contribution is 5.87. The second-order valence-corrected chi connectivity index (χ2v) is 13.6. The summed E-state index contributed by atoms with van der Waals surface area (Å²) in [7, 11) is 0. The molecule has 0 spiro atoms. The predicted molar refractivity (Wildman–Crippen MR) is 201 cm³/mol. The maximum Gasteiger partial charge on any atom is 0.150 e. The number of fused-ring (bicyclic) bond motifs is 1. The Hall–Kier alpha value is -3.55. The molecule has 0 unspecified atom stereocenters. The lowest BCUT2D eigenvalue weighted by Gasteiger charge is -2.19. The summed E-state index contributed by atoms with van der Waals surface area (Å²) in [5.41, 5.74) is 4.32. The van der Waals surface area contributed by atoms with Gasteiger partial charge in [0.2, 0.25) is 0 Å². The van der Waals surface area contributed by atoms with Crippen LogP contribution in [0.5, 0.6) is 23.0 Å². The molecule has 0 radical (unpaired) electrons. The highest BCUT2D eigenvalue weighted by Crippen LogP contribution is 2.37. The molecule has 0 atom stereocenters. The molecule has 0 bridgehead atoms. The van der Waals surface area contributed by atoms with Crippen LogP contribution in [0.1, 0.15) is 86.6 Å². The number of unbranched alkanes of at least 4 members (excludes halogenated alkanes) is 1. The van der Waals surface area contributed by atoms with Crippen molar-refractivity contribution in [2.75, 3.05) is 52.5 Å². The van der Waals surface area contributed by atoms with Crippen LogP contribution in [0.15, 0.2) is 60.7 Å². The van der Waals surface area contributed by atoms with Gasteiger partial charge in [0.15, 0.2) is 5.75 Å². The molecule has 3 aromatic carbocycles. The molecule has 0 saturated carbocycles. The van der Waals surface area contributed by atoms with Crippen molar-refractivity contribution >= 4 is 11.0 Å². The van der Waals surface area contributed by atoms with Crippen LogP contribution >= 0.6 is 0 Å². The average Bonchev–Trinajstić information content (AvgIpc) is 3.46. The summed E-state index contributed by atoms with van der Waals surface area (Å²) >= 11 is 0. The highest BCUT2D eigenvalue weighted by atomic mass is 16.5. The lowest BCUT2D eigenvalue weighted by Crippen LogP contribution is -2.25. The van der Waals surface area contributed by atoms with Crippen LogP contribution in [0.3, 0.4) is 0 Å². The van der Waals surface area contributed by atoms with E-state index in [-0.39, 0.29) is 5.41 Å². The van der Waals surface area contributed by atoms with Crippen LogP contribution < -0.4 is 14.2 Å². The van der Waals surface area contributed by atoms with E-state index in [1.165, 1.54) is 5.56 Å². The van der Waals surface area contributed by atoms with Crippen LogP contribution in [-0.2, 0) is 12.0 Å². The molecule has 262 valence electrons. The van der Waals surface area contributed by atoms with Gasteiger partial charge in [-0.1, -0.05) is 73.9 Å². The number of rotatable bonds is 20. The Bertz CT molecular complexity index is 1510. The first-order chi connectivity index (χ1) is 23.2. The van der Waals surface area contributed by atoms with Crippen LogP contribution in [0.25, 0.3) is 22.4 Å². The molecular weight excluding hydrogens is 596 g/mol. The SMILES string of the molecule is CCCCn1c(-c2ccc(OCCCN(CC)CC)cc2)nc2c(OCCCN(CC)CC)cc(Oc3ccc(C(C)(C)C)cc3)cc21. The number of nitrogens with zero attached hydrogens (tertiary/aromatic N) is 4. The van der Waals surface area contributed by atoms with Gasteiger partial charge in [-0.2, -0.15) is 0 Å². The molecule has 0 saturated heterocycles. The Kier molecular flexibility index (Phi) is 14.2. The number of benzene rings is 3. The molecule has 1 aromatic heterocycles. The molecular formula is C41H60N4O3. The zero-order valence-electron chi connectivity index (χ0n) is 31.0. The van der Waals surface area contributed by atoms with E-state index >= 15 is 0 Å². The van der Waals surface area contributed by atoms with E-state index in [4.69, 9.17) is 19.2 Å². The van der Waals surface area contributed by atoms with Crippen molar-refractivity contribution in [2.45, 2.75) is 93.0 Å². The monoisotopic (exact) mass is 656 g/mol. The lowest BCUT2D eigenvalue weighted by atomic mass is 9.87. The largest absolute Gasteiger partial charge is 0.494 e. The van der Waals surface area contributed by atoms with Gasteiger partial charge in [0, 0.05) is 37.3 Å². The minimum Gasteiger partial charge on any atom is -0.494 e. The van der Waals surface area contributed by atoms with Crippen molar-refractivity contribution in [3.8, 4) is 34.4 Å². The molecule has 0 aliphatic rings. The summed E-state index contributed by atoms with van der Waals surface area (Å²) in [6.07, 6.45) is 4.09. The first-order valence-corrected chi connectivity index (χ1v) is 18.3. The molecule has 0 aliphatic heterocycles. The van der Waals surface area contributed by atoms with E-state index < -0.39 is 0 Å². The maximum atomic E-state index is 6.51. The fourth-order valence-corrected chi connectivity index (χ4v) is 5.99. The van der Waals surface area contributed by atoms with E-state index in [0.29, 0.717) is 13.2 Å². The van der Waals surface area contributed by atoms with Crippen LogP contribution in [0.2, 0.25) is 0 Å². The first-order valence-electron chi connectivity index (χ1n) is 18.3. The second kappa shape index (κ2) is 18.3. The molecule has 48 heavy (non-hydrogen) atoms. The van der Waals surface area contributed by atoms with Gasteiger partial charge in [0.25, 0.3) is 0 Å². The van der Waals surface area contributed by atoms with E-state index in [2.05, 4.69) is 124 Å². The van der Waals surface area contributed by atoms with Gasteiger partial charge in [-0.05, 0) is 92.8 Å². The molecule has 0 fully saturated rings. The Labute approximate surface area is 290 Å². The zero-order valence-corrected chi connectivity index (χ0v) is 31.0. The van der Waals surface area contributed by atoms with Gasteiger partial charge in [-0.25, -0.2) is 4.98 Å². The molecule has 1 heterocycles. The van der Waals surface area contributed by atoms with Crippen molar-refractivity contribution in [1.29, 1.82) is 0 Å². The van der Waals surface area contributed by atoms with Gasteiger partial charge in [-0.15, -0.1) is 0 Å². The Morgan fingerprint density at radius 2 is 1.25 bits per heavy atom. The highest BCUT2D eigenvalue weighted by Gasteiger charge is 2.19. The summed E-state index contributed by atoms with van der Waals surface area (Å²) in [6.45, 7) is 26.2. The van der Waals surface area contributed by atoms with Gasteiger partial charge >= 0.3 is 0 Å². The van der Waals surface area contributed by atoms with Crippen LogP contribution in [0, 0.1) is 0 Å². The molecule has 4 aromatic rings. The smallest absolute Gasteiger partial charge is 0.150 e. The van der Waals surface area contributed by atoms with Gasteiger partial charge < -0.3 is 28.6 Å². The average molecular weight is 657 g/mol. The van der Waals surface area contributed by atoms with Crippen LogP contribution in [0.4, 0.5) is 0 Å². The third kappa shape index (κ3) is 10.2. The molecule has 4 rings (SSSR count). The number of aryl methyl sites for hydroxylation is 1. The summed E-state index contributed by atoms with van der Waals surface area (Å²) < 4.78 is 21.4. The lowest BCUT2D eigenvalue weighted by molar-refractivity contribution is 0.249. The Morgan fingerprint density at radius 1 is 0.667 bits per heavy atom. The summed E-state index contributed by atoms with van der Waals surface area (Å²) in [6, 6.07) is 20.9. The quantitative estimate of drug-likeness (QED) is 0.0883. The Balaban J connectivity index is 1.65. The zero-order chi connectivity index (χ0) is 34.5. The summed E-state index contributed by atoms with van der Waals surface area (Å²) in [5, 5.41) is 0. The van der Waals surface area contributed by atoms with Gasteiger partial charge in [0.05, 0.1) is 18.7 Å². The standard InChI is InChI=1S/C41H60N4O3/c1-9-14-27-45-37-30-36(48-35-23-19-33(20-24-35)41(6,7)8)31-38(47-29-16-26-44(12-4)13-5)39(37)42-40(45)32-17-21-34(22-18-32)46-28-15-25-43(10-2)11-3/h17-24,30-31H,9-16,25-29H2,1-8H3. The normalized spacial score (nSPS) is 12.0. The molecule has 0 amide bonds. The minimum atomic E-state index is 0.0846. The molecule has 7 heteroatoms. The summed E-state index contributed by atoms with van der Waals surface area (Å²) in [5.74, 6) is 4.15. The van der Waals surface area contributed by atoms with E-state index in [9.17, 15) is 0 Å². The van der Waals surface area contributed by atoms with E-state index in [1.54, 1.807) is 0 Å². The van der Waals surface area contributed by atoms with Crippen molar-refractivity contribution in [3.05, 3.63) is 66.2 Å². The van der Waals surface area contributed by atoms with Crippen molar-refractivity contribution in [1.82, 2.24) is 19.4 Å². The maximum absolute atomic E-state index is 6.51. The number of ether oxygens (including phenoxy) is 3. The number of aromatic nitrogens is 2. The fourth-order valence-electron chi connectivity index (χ4n) is 5.99. The van der Waals surface area contributed by atoms with Crippen molar-refractivity contribution in [3.63, 3.8) is 0 Å². The van der Waals surface area contributed by atoms with E-state index in [0.717, 1.165) is 117 Å². The van der Waals surface area contributed by atoms with Crippen molar-refractivity contribution < 1.29 is 14.2 Å². The molecule has 0 N–H and O–H groups in total. The van der Waals surface area contributed by atoms with Crippen LogP contribution in [-0.4, -0.2) is 71.8 Å². The number of hydrogen-bond acceptors (Lipinski definition) is 6. The van der Waals surface area contributed by atoms with Gasteiger partial charge in [0.1, 0.15) is 28.6 Å². The number of hydrogen-bond donors (Lipinski definition) is 0.